The summed E-state index contributed by atoms with van der Waals surface area (Å²) in [6.07, 6.45) is 3.84. The molecule has 2 N–H and O–H groups in total. The van der Waals surface area contributed by atoms with E-state index in [2.05, 4.69) is 10.6 Å². The molecule has 6 fully saturated rings. The first-order valence-electron chi connectivity index (χ1n) is 5.36. The minimum atomic E-state index is 0.0245. The third-order valence-corrected chi connectivity index (χ3v) is 3.88. The van der Waals surface area contributed by atoms with Gasteiger partial charge in [0.05, 0.1) is 11.8 Å². The van der Waals surface area contributed by atoms with Crippen LogP contribution in [0.25, 0.3) is 0 Å². The van der Waals surface area contributed by atoms with Crippen molar-refractivity contribution < 1.29 is 9.59 Å². The first-order chi connectivity index (χ1) is 6.75. The zero-order chi connectivity index (χ0) is 9.71. The fraction of sp³-hybridized carbons (Fsp3) is 0.800. The quantitative estimate of drug-likeness (QED) is 0.560. The Bertz CT molecular complexity index is 272. The SMILES string of the molecule is O=C1N[C@H]2CC[C@H]1[C@H]1CC[C@H]2C(=O)N1. The molecule has 6 rings (SSSR count). The van der Waals surface area contributed by atoms with E-state index in [9.17, 15) is 9.59 Å². The third-order valence-electron chi connectivity index (χ3n) is 3.88. The van der Waals surface area contributed by atoms with Gasteiger partial charge in [-0.1, -0.05) is 0 Å². The Morgan fingerprint density at radius 2 is 1.21 bits per heavy atom. The van der Waals surface area contributed by atoms with E-state index in [0.29, 0.717) is 0 Å². The topological polar surface area (TPSA) is 58.2 Å². The molecule has 5 saturated heterocycles. The number of hydrogen-bond donors (Lipinski definition) is 2. The summed E-state index contributed by atoms with van der Waals surface area (Å²) in [5.74, 6) is 0.347. The highest BCUT2D eigenvalue weighted by molar-refractivity contribution is 5.87. The normalized spacial score (nSPS) is 45.4. The van der Waals surface area contributed by atoms with Crippen molar-refractivity contribution in [1.29, 1.82) is 0 Å². The van der Waals surface area contributed by atoms with Crippen LogP contribution in [-0.4, -0.2) is 23.9 Å². The Morgan fingerprint density at radius 1 is 0.786 bits per heavy atom. The van der Waals surface area contributed by atoms with Crippen molar-refractivity contribution in [2.45, 2.75) is 37.8 Å². The molecule has 0 spiro atoms. The molecule has 0 radical (unpaired) electrons. The highest BCUT2D eigenvalue weighted by Crippen LogP contribution is 2.34. The molecule has 6 aliphatic rings. The number of carbonyl (C=O) groups excluding carboxylic acids is 2. The standard InChI is InChI=1S/C10H14N2O2/c13-9-5-1-3-7(11-9)6-2-4-8(5)12-10(6)14/h5-8H,1-4H2,(H,11,13)(H,12,14)/t5-,6+,7-,8+. The van der Waals surface area contributed by atoms with Crippen LogP contribution < -0.4 is 10.6 Å². The molecule has 0 aromatic heterocycles. The maximum atomic E-state index is 11.7. The van der Waals surface area contributed by atoms with Gasteiger partial charge in [0, 0.05) is 12.1 Å². The van der Waals surface area contributed by atoms with Crippen LogP contribution in [0.5, 0.6) is 0 Å². The molecule has 2 amide bonds. The Balaban J connectivity index is 1.99. The van der Waals surface area contributed by atoms with Gasteiger partial charge in [-0.3, -0.25) is 9.59 Å². The molecule has 0 unspecified atom stereocenters. The van der Waals surface area contributed by atoms with E-state index in [1.807, 2.05) is 0 Å². The van der Waals surface area contributed by atoms with Gasteiger partial charge in [0.2, 0.25) is 11.8 Å². The molecule has 1 aliphatic carbocycles. The summed E-state index contributed by atoms with van der Waals surface area (Å²) in [6.45, 7) is 0. The van der Waals surface area contributed by atoms with E-state index in [1.165, 1.54) is 0 Å². The summed E-state index contributed by atoms with van der Waals surface area (Å²) in [5, 5.41) is 5.96. The molecule has 5 heterocycles. The second-order valence-electron chi connectivity index (χ2n) is 4.60. The van der Waals surface area contributed by atoms with Crippen LogP contribution in [0.4, 0.5) is 0 Å². The Hall–Kier alpha value is -1.06. The molecule has 4 bridgehead atoms. The summed E-state index contributed by atoms with van der Waals surface area (Å²) in [7, 11) is 0. The Kier molecular flexibility index (Phi) is 1.60. The number of hydrogen-bond acceptors (Lipinski definition) is 2. The minimum Gasteiger partial charge on any atom is -0.352 e. The van der Waals surface area contributed by atoms with Crippen molar-refractivity contribution in [1.82, 2.24) is 10.6 Å². The third kappa shape index (κ3) is 0.996. The maximum absolute atomic E-state index is 11.7. The van der Waals surface area contributed by atoms with Crippen molar-refractivity contribution in [3.63, 3.8) is 0 Å². The summed E-state index contributed by atoms with van der Waals surface area (Å²) in [4.78, 5) is 23.3. The predicted molar refractivity (Wildman–Crippen MR) is 49.3 cm³/mol. The zero-order valence-electron chi connectivity index (χ0n) is 7.95. The number of nitrogens with one attached hydrogen (secondary N) is 2. The van der Waals surface area contributed by atoms with Gasteiger partial charge in [-0.2, -0.15) is 0 Å². The van der Waals surface area contributed by atoms with E-state index in [4.69, 9.17) is 0 Å². The minimum absolute atomic E-state index is 0.0245. The predicted octanol–water partition coefficient (Wildman–Crippen LogP) is -0.210. The molecule has 1 saturated carbocycles. The second-order valence-corrected chi connectivity index (χ2v) is 4.60. The molecule has 76 valence electrons. The van der Waals surface area contributed by atoms with Crippen LogP contribution >= 0.6 is 0 Å². The van der Waals surface area contributed by atoms with Crippen LogP contribution in [0.15, 0.2) is 0 Å². The summed E-state index contributed by atoms with van der Waals surface area (Å²) >= 11 is 0. The molecule has 14 heavy (non-hydrogen) atoms. The summed E-state index contributed by atoms with van der Waals surface area (Å²) in [6, 6.07) is 0.194. The van der Waals surface area contributed by atoms with E-state index < -0.39 is 0 Å². The van der Waals surface area contributed by atoms with Gasteiger partial charge in [-0.25, -0.2) is 0 Å². The highest BCUT2D eigenvalue weighted by Gasteiger charge is 2.46. The van der Waals surface area contributed by atoms with Crippen molar-refractivity contribution in [3.05, 3.63) is 0 Å². The number of carbonyl (C=O) groups is 2. The lowest BCUT2D eigenvalue weighted by Gasteiger charge is -2.45. The zero-order valence-corrected chi connectivity index (χ0v) is 7.95. The smallest absolute Gasteiger partial charge is 0.225 e. The fourth-order valence-corrected chi connectivity index (χ4v) is 3.08. The van der Waals surface area contributed by atoms with Gasteiger partial charge < -0.3 is 10.6 Å². The molecule has 4 atom stereocenters. The number of rotatable bonds is 0. The van der Waals surface area contributed by atoms with Crippen LogP contribution in [0.2, 0.25) is 0 Å². The fourth-order valence-electron chi connectivity index (χ4n) is 3.08. The van der Waals surface area contributed by atoms with Gasteiger partial charge in [0.1, 0.15) is 0 Å². The van der Waals surface area contributed by atoms with Crippen molar-refractivity contribution in [2.75, 3.05) is 0 Å². The Morgan fingerprint density at radius 3 is 1.57 bits per heavy atom. The van der Waals surface area contributed by atoms with Gasteiger partial charge in [-0.15, -0.1) is 0 Å². The lowest BCUT2D eigenvalue weighted by Crippen LogP contribution is -2.63. The largest absolute Gasteiger partial charge is 0.352 e. The van der Waals surface area contributed by atoms with Crippen LogP contribution in [0.1, 0.15) is 25.7 Å². The molecule has 4 nitrogen and oxygen atoms in total. The first kappa shape index (κ1) is 8.26. The van der Waals surface area contributed by atoms with Gasteiger partial charge in [-0.05, 0) is 25.7 Å². The monoisotopic (exact) mass is 194 g/mol. The first-order valence-corrected chi connectivity index (χ1v) is 5.36. The maximum Gasteiger partial charge on any atom is 0.225 e. The molecule has 0 aromatic carbocycles. The Labute approximate surface area is 82.4 Å². The lowest BCUT2D eigenvalue weighted by atomic mass is 9.73. The van der Waals surface area contributed by atoms with Gasteiger partial charge >= 0.3 is 0 Å². The highest BCUT2D eigenvalue weighted by atomic mass is 16.2. The summed E-state index contributed by atoms with van der Waals surface area (Å²) < 4.78 is 0. The van der Waals surface area contributed by atoms with E-state index in [0.717, 1.165) is 25.7 Å². The molecule has 5 aliphatic heterocycles. The number of piperidine rings is 2. The number of amides is 2. The van der Waals surface area contributed by atoms with Crippen molar-refractivity contribution in [2.24, 2.45) is 11.8 Å². The second kappa shape index (κ2) is 2.72. The lowest BCUT2D eigenvalue weighted by molar-refractivity contribution is -0.140. The molecular formula is C10H14N2O2. The van der Waals surface area contributed by atoms with Crippen LogP contribution in [0, 0.1) is 11.8 Å². The van der Waals surface area contributed by atoms with Crippen LogP contribution in [0.3, 0.4) is 0 Å². The van der Waals surface area contributed by atoms with Crippen LogP contribution in [-0.2, 0) is 9.59 Å². The van der Waals surface area contributed by atoms with Crippen molar-refractivity contribution in [3.8, 4) is 0 Å². The van der Waals surface area contributed by atoms with Crippen molar-refractivity contribution >= 4 is 11.8 Å². The summed E-state index contributed by atoms with van der Waals surface area (Å²) in [5.41, 5.74) is 0. The van der Waals surface area contributed by atoms with Gasteiger partial charge in [0.15, 0.2) is 0 Å². The molecule has 0 aromatic rings. The average Bonchev–Trinajstić information content (AvgIpc) is 2.13. The molecule has 4 heteroatoms. The van der Waals surface area contributed by atoms with Gasteiger partial charge in [0.25, 0.3) is 0 Å². The molecular weight excluding hydrogens is 180 g/mol. The van der Waals surface area contributed by atoms with E-state index in [-0.39, 0.29) is 35.7 Å². The van der Waals surface area contributed by atoms with E-state index in [1.54, 1.807) is 0 Å². The van der Waals surface area contributed by atoms with E-state index >= 15 is 0 Å². The average molecular weight is 194 g/mol.